The van der Waals surface area contributed by atoms with Gasteiger partial charge in [-0.2, -0.15) is 4.98 Å². The molecule has 148 valence electrons. The van der Waals surface area contributed by atoms with Crippen molar-refractivity contribution in [3.63, 3.8) is 0 Å². The van der Waals surface area contributed by atoms with Crippen LogP contribution in [0.25, 0.3) is 0 Å². The first-order valence-corrected chi connectivity index (χ1v) is 7.96. The number of aromatic nitrogens is 2. The number of nitrogens with two attached hydrogens (primary N) is 1. The van der Waals surface area contributed by atoms with E-state index in [1.807, 2.05) is 0 Å². The summed E-state index contributed by atoms with van der Waals surface area (Å²) < 4.78 is 0. The maximum Gasteiger partial charge on any atom is 0.300 e. The van der Waals surface area contributed by atoms with Gasteiger partial charge in [0.15, 0.2) is 5.69 Å². The van der Waals surface area contributed by atoms with Crippen molar-refractivity contribution in [3.05, 3.63) is 10.4 Å². The number of hydrogen-bond acceptors (Lipinski definition) is 8. The van der Waals surface area contributed by atoms with Gasteiger partial charge >= 0.3 is 5.56 Å². The highest BCUT2D eigenvalue weighted by molar-refractivity contribution is 6.01. The molecule has 0 saturated carbocycles. The summed E-state index contributed by atoms with van der Waals surface area (Å²) in [6.07, 6.45) is -0.774. The maximum atomic E-state index is 13.0. The Hall–Kier alpha value is -1.59. The number of nitrogens with one attached hydrogen (secondary N) is 3. The van der Waals surface area contributed by atoms with Crippen molar-refractivity contribution >= 4 is 48.2 Å². The third-order valence-corrected chi connectivity index (χ3v) is 4.46. The molecule has 1 fully saturated rings. The highest BCUT2D eigenvalue weighted by atomic mass is 35.5. The predicted octanol–water partition coefficient (Wildman–Crippen LogP) is -1.18. The fourth-order valence-corrected chi connectivity index (χ4v) is 3.23. The Kier molecular flexibility index (Phi) is 7.66. The van der Waals surface area contributed by atoms with Crippen LogP contribution in [0.2, 0.25) is 0 Å². The van der Waals surface area contributed by atoms with Gasteiger partial charge in [0.2, 0.25) is 11.9 Å². The quantitative estimate of drug-likeness (QED) is 0.363. The minimum absolute atomic E-state index is 0. The third-order valence-electron chi connectivity index (χ3n) is 4.46. The summed E-state index contributed by atoms with van der Waals surface area (Å²) in [5, 5.41) is 26.1. The van der Waals surface area contributed by atoms with Crippen molar-refractivity contribution in [3.8, 4) is 0 Å². The summed E-state index contributed by atoms with van der Waals surface area (Å²) in [5.74, 6) is -0.0999. The Balaban J connectivity index is 0.00000169. The molecule has 0 radical (unpaired) electrons. The molecule has 1 saturated heterocycles. The van der Waals surface area contributed by atoms with Crippen LogP contribution in [-0.4, -0.2) is 63.5 Å². The number of carbonyl (C=O) groups excluding carboxylic acids is 1. The largest absolute Gasteiger partial charge is 0.391 e. The number of anilines is 3. The standard InChI is InChI=1S/C14H22N6O4.2ClH/c1-6(21)10(22)8-5-17-11-9(12(23)19-14(15)18-11)20(8)13(24)7-3-2-4-16-7;;/h6-8,10,16,21-22H,2-5H2,1H3,(H4,15,17,18,19,23);2*1H. The van der Waals surface area contributed by atoms with Gasteiger partial charge in [-0.05, 0) is 26.3 Å². The molecule has 10 nitrogen and oxygen atoms in total. The van der Waals surface area contributed by atoms with Crippen molar-refractivity contribution in [1.82, 2.24) is 15.3 Å². The number of aliphatic hydroxyl groups excluding tert-OH is 2. The molecule has 12 heteroatoms. The Bertz CT molecular complexity index is 695. The number of rotatable bonds is 3. The van der Waals surface area contributed by atoms with Gasteiger partial charge < -0.3 is 31.6 Å². The number of nitrogen functional groups attached to an aromatic ring is 1. The van der Waals surface area contributed by atoms with Gasteiger partial charge in [0.25, 0.3) is 0 Å². The summed E-state index contributed by atoms with van der Waals surface area (Å²) in [7, 11) is 0. The van der Waals surface area contributed by atoms with E-state index in [1.54, 1.807) is 0 Å². The number of hydrogen-bond donors (Lipinski definition) is 6. The lowest BCUT2D eigenvalue weighted by Crippen LogP contribution is -2.60. The Morgan fingerprint density at radius 3 is 2.65 bits per heavy atom. The number of nitrogens with zero attached hydrogens (tertiary/aromatic N) is 2. The molecule has 7 N–H and O–H groups in total. The monoisotopic (exact) mass is 410 g/mol. The van der Waals surface area contributed by atoms with Gasteiger partial charge in [-0.15, -0.1) is 24.8 Å². The second kappa shape index (κ2) is 8.87. The minimum atomic E-state index is -1.21. The normalized spacial score (nSPS) is 23.7. The molecule has 0 bridgehead atoms. The van der Waals surface area contributed by atoms with Crippen LogP contribution < -0.4 is 26.8 Å². The second-order valence-electron chi connectivity index (χ2n) is 6.19. The van der Waals surface area contributed by atoms with Crippen molar-refractivity contribution in [2.45, 2.75) is 44.1 Å². The van der Waals surface area contributed by atoms with E-state index in [-0.39, 0.29) is 54.7 Å². The zero-order valence-electron chi connectivity index (χ0n) is 14.1. The lowest BCUT2D eigenvalue weighted by Gasteiger charge is -2.40. The molecular weight excluding hydrogens is 387 g/mol. The molecule has 1 amide bonds. The number of halogens is 2. The first-order valence-electron chi connectivity index (χ1n) is 7.96. The minimum Gasteiger partial charge on any atom is -0.391 e. The Labute approximate surface area is 162 Å². The van der Waals surface area contributed by atoms with Crippen LogP contribution in [0.15, 0.2) is 4.79 Å². The van der Waals surface area contributed by atoms with E-state index in [0.29, 0.717) is 6.42 Å². The number of amides is 1. The Morgan fingerprint density at radius 1 is 1.38 bits per heavy atom. The summed E-state index contributed by atoms with van der Waals surface area (Å²) in [4.78, 5) is 32.9. The molecule has 0 aromatic carbocycles. The fraction of sp³-hybridized carbons (Fsp3) is 0.643. The zero-order valence-corrected chi connectivity index (χ0v) is 15.8. The highest BCUT2D eigenvalue weighted by Gasteiger charge is 2.42. The summed E-state index contributed by atoms with van der Waals surface area (Å²) in [6, 6.07) is -1.23. The molecule has 4 unspecified atom stereocenters. The van der Waals surface area contributed by atoms with Gasteiger partial charge in [-0.25, -0.2) is 0 Å². The van der Waals surface area contributed by atoms with E-state index in [9.17, 15) is 19.8 Å². The van der Waals surface area contributed by atoms with E-state index in [4.69, 9.17) is 5.73 Å². The number of carbonyl (C=O) groups is 1. The lowest BCUT2D eigenvalue weighted by molar-refractivity contribution is -0.121. The third kappa shape index (κ3) is 4.04. The average molecular weight is 411 g/mol. The Morgan fingerprint density at radius 2 is 2.08 bits per heavy atom. The van der Waals surface area contributed by atoms with Gasteiger partial charge in [-0.3, -0.25) is 14.5 Å². The van der Waals surface area contributed by atoms with Gasteiger partial charge in [0, 0.05) is 6.54 Å². The molecule has 1 aromatic heterocycles. The fourth-order valence-electron chi connectivity index (χ4n) is 3.23. The molecule has 0 spiro atoms. The zero-order chi connectivity index (χ0) is 17.4. The van der Waals surface area contributed by atoms with Crippen LogP contribution in [0.4, 0.5) is 17.5 Å². The molecule has 2 aliphatic heterocycles. The first-order chi connectivity index (χ1) is 11.4. The summed E-state index contributed by atoms with van der Waals surface area (Å²) >= 11 is 0. The number of aromatic amines is 1. The summed E-state index contributed by atoms with van der Waals surface area (Å²) in [6.45, 7) is 2.31. The molecule has 4 atom stereocenters. The van der Waals surface area contributed by atoms with E-state index in [1.165, 1.54) is 11.8 Å². The predicted molar refractivity (Wildman–Crippen MR) is 102 cm³/mol. The van der Waals surface area contributed by atoms with Crippen molar-refractivity contribution in [1.29, 1.82) is 0 Å². The van der Waals surface area contributed by atoms with E-state index in [0.717, 1.165) is 13.0 Å². The van der Waals surface area contributed by atoms with Gasteiger partial charge in [0.05, 0.1) is 18.2 Å². The maximum absolute atomic E-state index is 13.0. The molecule has 2 aliphatic rings. The smallest absolute Gasteiger partial charge is 0.300 e. The van der Waals surface area contributed by atoms with Crippen LogP contribution in [0.3, 0.4) is 0 Å². The average Bonchev–Trinajstić information content (AvgIpc) is 3.06. The van der Waals surface area contributed by atoms with Crippen LogP contribution in [0.5, 0.6) is 0 Å². The molecule has 3 rings (SSSR count). The van der Waals surface area contributed by atoms with Crippen LogP contribution in [0, 0.1) is 0 Å². The number of fused-ring (bicyclic) bond motifs is 1. The van der Waals surface area contributed by atoms with Crippen LogP contribution in [-0.2, 0) is 4.79 Å². The highest BCUT2D eigenvalue weighted by Crippen LogP contribution is 2.30. The topological polar surface area (TPSA) is 157 Å². The number of aliphatic hydroxyl groups is 2. The second-order valence-corrected chi connectivity index (χ2v) is 6.19. The van der Waals surface area contributed by atoms with E-state index < -0.39 is 29.9 Å². The van der Waals surface area contributed by atoms with Gasteiger partial charge in [0.1, 0.15) is 11.9 Å². The lowest BCUT2D eigenvalue weighted by atomic mass is 10.0. The number of H-pyrrole nitrogens is 1. The molecular formula is C14H24Cl2N6O4. The molecule has 1 aromatic rings. The van der Waals surface area contributed by atoms with E-state index >= 15 is 0 Å². The molecule has 0 aliphatic carbocycles. The van der Waals surface area contributed by atoms with Crippen LogP contribution >= 0.6 is 24.8 Å². The first kappa shape index (κ1) is 22.5. The van der Waals surface area contributed by atoms with Crippen molar-refractivity contribution < 1.29 is 15.0 Å². The van der Waals surface area contributed by atoms with Crippen molar-refractivity contribution in [2.24, 2.45) is 0 Å². The van der Waals surface area contributed by atoms with Crippen molar-refractivity contribution in [2.75, 3.05) is 29.0 Å². The summed E-state index contributed by atoms with van der Waals surface area (Å²) in [5.41, 5.74) is 4.91. The molecule has 3 heterocycles. The van der Waals surface area contributed by atoms with E-state index in [2.05, 4.69) is 20.6 Å². The SMILES string of the molecule is CC(O)C(O)C1CNc2[nH]c(N)nc(=O)c2N1C(=O)C1CCCN1.Cl.Cl. The van der Waals surface area contributed by atoms with Crippen LogP contribution in [0.1, 0.15) is 19.8 Å². The van der Waals surface area contributed by atoms with Gasteiger partial charge in [-0.1, -0.05) is 0 Å². The molecule has 26 heavy (non-hydrogen) atoms.